The molecule has 3 atom stereocenters. The van der Waals surface area contributed by atoms with Gasteiger partial charge in [-0.2, -0.15) is 0 Å². The standard InChI is InChI=1S/C37H48O8/c1-6-34(4,32(40)42-28-13-12-14-29-30(28)31(39)44-37(43-29)21-10-11-22-37)24-35(5,23-25(3)26-15-17-27(38)18-16-26)33(41)45-36(7-2)19-8-9-20-36/h12-18,25,38H,6-11,19-24H2,1-5H3. The number of hydrogen-bond acceptors (Lipinski definition) is 8. The fourth-order valence-corrected chi connectivity index (χ4v) is 7.56. The lowest BCUT2D eigenvalue weighted by atomic mass is 9.67. The van der Waals surface area contributed by atoms with E-state index in [4.69, 9.17) is 18.9 Å². The van der Waals surface area contributed by atoms with E-state index in [1.54, 1.807) is 30.3 Å². The molecular formula is C37H48O8. The molecule has 0 bridgehead atoms. The van der Waals surface area contributed by atoms with Gasteiger partial charge in [-0.1, -0.05) is 39.0 Å². The highest BCUT2D eigenvalue weighted by Crippen LogP contribution is 2.48. The van der Waals surface area contributed by atoms with E-state index in [-0.39, 0.29) is 35.4 Å². The number of carbonyl (C=O) groups excluding carboxylic acids is 3. The average Bonchev–Trinajstić information content (AvgIpc) is 3.67. The van der Waals surface area contributed by atoms with Crippen molar-refractivity contribution in [3.05, 3.63) is 53.6 Å². The molecule has 2 saturated carbocycles. The maximum atomic E-state index is 14.2. The Hall–Kier alpha value is -3.55. The molecule has 0 amide bonds. The lowest BCUT2D eigenvalue weighted by molar-refractivity contribution is -0.175. The van der Waals surface area contributed by atoms with Crippen molar-refractivity contribution in [3.8, 4) is 17.2 Å². The van der Waals surface area contributed by atoms with Crippen LogP contribution in [-0.2, 0) is 19.1 Å². The van der Waals surface area contributed by atoms with E-state index < -0.39 is 34.2 Å². The molecule has 2 aromatic carbocycles. The molecule has 1 N–H and O–H groups in total. The van der Waals surface area contributed by atoms with Crippen LogP contribution in [0.5, 0.6) is 17.2 Å². The summed E-state index contributed by atoms with van der Waals surface area (Å²) in [5.41, 5.74) is -1.50. The van der Waals surface area contributed by atoms with Crippen LogP contribution < -0.4 is 9.47 Å². The fraction of sp³-hybridized carbons (Fsp3) is 0.595. The molecule has 8 nitrogen and oxygen atoms in total. The van der Waals surface area contributed by atoms with Crippen LogP contribution in [0.2, 0.25) is 0 Å². The number of benzene rings is 2. The summed E-state index contributed by atoms with van der Waals surface area (Å²) in [4.78, 5) is 41.5. The van der Waals surface area contributed by atoms with E-state index in [9.17, 15) is 19.5 Å². The predicted octanol–water partition coefficient (Wildman–Crippen LogP) is 8.39. The lowest BCUT2D eigenvalue weighted by Gasteiger charge is -2.40. The summed E-state index contributed by atoms with van der Waals surface area (Å²) in [6.07, 6.45) is 8.58. The van der Waals surface area contributed by atoms with Gasteiger partial charge in [-0.3, -0.25) is 9.59 Å². The van der Waals surface area contributed by atoms with Gasteiger partial charge in [0.15, 0.2) is 0 Å². The summed E-state index contributed by atoms with van der Waals surface area (Å²) >= 11 is 0. The van der Waals surface area contributed by atoms with Gasteiger partial charge in [-0.15, -0.1) is 0 Å². The highest BCUT2D eigenvalue weighted by atomic mass is 16.7. The quantitative estimate of drug-likeness (QED) is 0.197. The number of phenols is 1. The van der Waals surface area contributed by atoms with Gasteiger partial charge in [0, 0.05) is 12.8 Å². The zero-order valence-corrected chi connectivity index (χ0v) is 27.4. The molecule has 2 fully saturated rings. The van der Waals surface area contributed by atoms with E-state index in [2.05, 4.69) is 6.92 Å². The molecule has 0 aromatic heterocycles. The maximum absolute atomic E-state index is 14.2. The van der Waals surface area contributed by atoms with Crippen molar-refractivity contribution in [2.45, 2.75) is 129 Å². The second-order valence-corrected chi connectivity index (χ2v) is 14.1. The van der Waals surface area contributed by atoms with E-state index in [1.165, 1.54) is 0 Å². The van der Waals surface area contributed by atoms with Crippen LogP contribution in [0.3, 0.4) is 0 Å². The number of carbonyl (C=O) groups is 3. The van der Waals surface area contributed by atoms with E-state index in [0.717, 1.165) is 50.5 Å². The third-order valence-corrected chi connectivity index (χ3v) is 10.6. The van der Waals surface area contributed by atoms with Gasteiger partial charge < -0.3 is 24.1 Å². The first-order chi connectivity index (χ1) is 21.4. The van der Waals surface area contributed by atoms with Gasteiger partial charge in [0.25, 0.3) is 5.79 Å². The molecule has 0 saturated heterocycles. The van der Waals surface area contributed by atoms with Gasteiger partial charge in [0.05, 0.1) is 10.8 Å². The molecule has 244 valence electrons. The third kappa shape index (κ3) is 6.70. The van der Waals surface area contributed by atoms with Crippen LogP contribution in [0.1, 0.15) is 134 Å². The second kappa shape index (κ2) is 12.7. The average molecular weight is 621 g/mol. The topological polar surface area (TPSA) is 108 Å². The van der Waals surface area contributed by atoms with Crippen molar-refractivity contribution in [1.82, 2.24) is 0 Å². The number of aromatic hydroxyl groups is 1. The summed E-state index contributed by atoms with van der Waals surface area (Å²) in [5, 5.41) is 9.82. The van der Waals surface area contributed by atoms with E-state index in [0.29, 0.717) is 31.4 Å². The van der Waals surface area contributed by atoms with Crippen LogP contribution >= 0.6 is 0 Å². The monoisotopic (exact) mass is 620 g/mol. The molecule has 2 aromatic rings. The van der Waals surface area contributed by atoms with Gasteiger partial charge in [0.2, 0.25) is 0 Å². The summed E-state index contributed by atoms with van der Waals surface area (Å²) in [7, 11) is 0. The van der Waals surface area contributed by atoms with Crippen molar-refractivity contribution in [3.63, 3.8) is 0 Å². The summed E-state index contributed by atoms with van der Waals surface area (Å²) < 4.78 is 24.3. The minimum atomic E-state index is -1.08. The smallest absolute Gasteiger partial charge is 0.349 e. The lowest BCUT2D eigenvalue weighted by Crippen LogP contribution is -2.45. The number of ether oxygens (including phenoxy) is 4. The van der Waals surface area contributed by atoms with Crippen LogP contribution in [0.25, 0.3) is 0 Å². The molecule has 3 unspecified atom stereocenters. The first-order valence-electron chi connectivity index (χ1n) is 16.7. The molecule has 0 radical (unpaired) electrons. The molecule has 3 aliphatic rings. The highest BCUT2D eigenvalue weighted by Gasteiger charge is 2.50. The minimum Gasteiger partial charge on any atom is -0.508 e. The van der Waals surface area contributed by atoms with Crippen molar-refractivity contribution in [2.24, 2.45) is 10.8 Å². The number of hydrogen-bond donors (Lipinski definition) is 1. The molecule has 5 rings (SSSR count). The zero-order valence-electron chi connectivity index (χ0n) is 27.4. The minimum absolute atomic E-state index is 0.0580. The largest absolute Gasteiger partial charge is 0.508 e. The highest BCUT2D eigenvalue weighted by molar-refractivity contribution is 5.98. The van der Waals surface area contributed by atoms with Crippen molar-refractivity contribution >= 4 is 17.9 Å². The predicted molar refractivity (Wildman–Crippen MR) is 169 cm³/mol. The summed E-state index contributed by atoms with van der Waals surface area (Å²) in [6.45, 7) is 9.72. The Kier molecular flexibility index (Phi) is 9.25. The Morgan fingerprint density at radius 3 is 2.18 bits per heavy atom. The van der Waals surface area contributed by atoms with Crippen LogP contribution in [0, 0.1) is 10.8 Å². The summed E-state index contributed by atoms with van der Waals surface area (Å²) in [5.74, 6) is -1.78. The Morgan fingerprint density at radius 2 is 1.56 bits per heavy atom. The molecular weight excluding hydrogens is 572 g/mol. The van der Waals surface area contributed by atoms with Crippen LogP contribution in [0.4, 0.5) is 0 Å². The number of fused-ring (bicyclic) bond motifs is 1. The van der Waals surface area contributed by atoms with Gasteiger partial charge in [-0.05, 0) is 114 Å². The number of rotatable bonds is 11. The van der Waals surface area contributed by atoms with Gasteiger partial charge >= 0.3 is 17.9 Å². The Balaban J connectivity index is 1.42. The first kappa shape index (κ1) is 32.8. The molecule has 2 aliphatic carbocycles. The first-order valence-corrected chi connectivity index (χ1v) is 16.7. The maximum Gasteiger partial charge on any atom is 0.349 e. The zero-order chi connectivity index (χ0) is 32.5. The van der Waals surface area contributed by atoms with Crippen molar-refractivity contribution < 1.29 is 38.4 Å². The molecule has 1 aliphatic heterocycles. The Morgan fingerprint density at radius 1 is 0.911 bits per heavy atom. The Labute approximate surface area is 266 Å². The second-order valence-electron chi connectivity index (χ2n) is 14.1. The fourth-order valence-electron chi connectivity index (χ4n) is 7.56. The normalized spacial score (nSPS) is 21.5. The molecule has 1 heterocycles. The Bertz CT molecular complexity index is 1400. The van der Waals surface area contributed by atoms with Crippen molar-refractivity contribution in [2.75, 3.05) is 0 Å². The van der Waals surface area contributed by atoms with Gasteiger partial charge in [-0.25, -0.2) is 4.79 Å². The van der Waals surface area contributed by atoms with Crippen LogP contribution in [-0.4, -0.2) is 34.4 Å². The molecule has 8 heteroatoms. The number of esters is 3. The SMILES string of the molecule is CCC1(OC(=O)C(C)(CC(C)c2ccc(O)cc2)CC(C)(CC)C(=O)Oc2cccc3c2C(=O)OC2(CCCC2)O3)CCCC1. The molecule has 45 heavy (non-hydrogen) atoms. The van der Waals surface area contributed by atoms with Crippen molar-refractivity contribution in [1.29, 1.82) is 0 Å². The third-order valence-electron chi connectivity index (χ3n) is 10.6. The van der Waals surface area contributed by atoms with E-state index in [1.807, 2.05) is 39.8 Å². The summed E-state index contributed by atoms with van der Waals surface area (Å²) in [6, 6.07) is 12.0. The number of phenolic OH excluding ortho intramolecular Hbond substituents is 1. The van der Waals surface area contributed by atoms with Gasteiger partial charge in [0.1, 0.15) is 28.4 Å². The van der Waals surface area contributed by atoms with Crippen LogP contribution in [0.15, 0.2) is 42.5 Å². The molecule has 1 spiro atoms. The van der Waals surface area contributed by atoms with E-state index >= 15 is 0 Å².